The van der Waals surface area contributed by atoms with Crippen LogP contribution in [0.3, 0.4) is 0 Å². The zero-order chi connectivity index (χ0) is 19.1. The van der Waals surface area contributed by atoms with Gasteiger partial charge >= 0.3 is 0 Å². The third-order valence-corrected chi connectivity index (χ3v) is 5.26. The van der Waals surface area contributed by atoms with Crippen LogP contribution < -0.4 is 4.74 Å². The number of para-hydroxylation sites is 1. The quantitative estimate of drug-likeness (QED) is 0.603. The summed E-state index contributed by atoms with van der Waals surface area (Å²) in [4.78, 5) is 15.0. The summed E-state index contributed by atoms with van der Waals surface area (Å²) in [6.45, 7) is 5.38. The fourth-order valence-corrected chi connectivity index (χ4v) is 3.69. The monoisotopic (exact) mass is 367 g/mol. The smallest absolute Gasteiger partial charge is 0.140 e. The predicted octanol–water partition coefficient (Wildman–Crippen LogP) is 4.69. The van der Waals surface area contributed by atoms with Crippen LogP contribution in [0.4, 0.5) is 0 Å². The van der Waals surface area contributed by atoms with Crippen molar-refractivity contribution in [3.8, 4) is 11.5 Å². The molecule has 1 atom stereocenters. The van der Waals surface area contributed by atoms with E-state index in [1.54, 1.807) is 7.11 Å². The lowest BCUT2D eigenvalue weighted by atomic mass is 9.83. The highest BCUT2D eigenvalue weighted by Crippen LogP contribution is 2.33. The Labute approximate surface area is 162 Å². The zero-order valence-electron chi connectivity index (χ0n) is 16.3. The van der Waals surface area contributed by atoms with Crippen LogP contribution in [0.1, 0.15) is 31.7 Å². The maximum absolute atomic E-state index is 12.6. The van der Waals surface area contributed by atoms with E-state index in [0.29, 0.717) is 18.8 Å². The lowest BCUT2D eigenvalue weighted by Gasteiger charge is -2.23. The Morgan fingerprint density at radius 1 is 1.11 bits per heavy atom. The van der Waals surface area contributed by atoms with Gasteiger partial charge in [-0.05, 0) is 49.2 Å². The number of ether oxygens (including phenoxy) is 2. The molecule has 1 unspecified atom stereocenters. The largest absolute Gasteiger partial charge is 0.457 e. The third kappa shape index (κ3) is 5.41. The summed E-state index contributed by atoms with van der Waals surface area (Å²) in [5.74, 6) is 2.05. The van der Waals surface area contributed by atoms with Crippen molar-refractivity contribution in [2.24, 2.45) is 5.41 Å². The molecule has 1 fully saturated rings. The van der Waals surface area contributed by atoms with Crippen LogP contribution in [0.2, 0.25) is 0 Å². The molecular formula is C23H29NO3. The fourth-order valence-electron chi connectivity index (χ4n) is 3.69. The van der Waals surface area contributed by atoms with Gasteiger partial charge in [0.25, 0.3) is 0 Å². The molecule has 1 heterocycles. The van der Waals surface area contributed by atoms with E-state index in [1.807, 2.05) is 42.5 Å². The van der Waals surface area contributed by atoms with E-state index >= 15 is 0 Å². The molecular weight excluding hydrogens is 338 g/mol. The minimum absolute atomic E-state index is 0.230. The van der Waals surface area contributed by atoms with E-state index in [1.165, 1.54) is 5.56 Å². The summed E-state index contributed by atoms with van der Waals surface area (Å²) in [5.41, 5.74) is 0.978. The van der Waals surface area contributed by atoms with Crippen molar-refractivity contribution in [1.82, 2.24) is 4.90 Å². The maximum atomic E-state index is 12.6. The van der Waals surface area contributed by atoms with Gasteiger partial charge in [-0.2, -0.15) is 0 Å². The van der Waals surface area contributed by atoms with Crippen LogP contribution in [0.25, 0.3) is 0 Å². The molecule has 0 aromatic heterocycles. The highest BCUT2D eigenvalue weighted by Gasteiger charge is 2.39. The Kier molecular flexibility index (Phi) is 6.64. The normalized spacial score (nSPS) is 19.9. The lowest BCUT2D eigenvalue weighted by molar-refractivity contribution is -0.127. The number of likely N-dealkylation sites (tertiary alicyclic amines) is 1. The van der Waals surface area contributed by atoms with E-state index in [-0.39, 0.29) is 5.41 Å². The summed E-state index contributed by atoms with van der Waals surface area (Å²) in [6.07, 6.45) is 2.35. The molecule has 144 valence electrons. The van der Waals surface area contributed by atoms with E-state index < -0.39 is 0 Å². The number of nitrogens with zero attached hydrogens (tertiary/aromatic N) is 1. The van der Waals surface area contributed by atoms with Crippen LogP contribution in [0.15, 0.2) is 54.6 Å². The van der Waals surface area contributed by atoms with Crippen LogP contribution >= 0.6 is 0 Å². The number of hydrogen-bond donors (Lipinski definition) is 0. The lowest BCUT2D eigenvalue weighted by Crippen LogP contribution is -2.32. The first-order valence-corrected chi connectivity index (χ1v) is 9.65. The highest BCUT2D eigenvalue weighted by atomic mass is 16.5. The molecule has 2 aromatic rings. The third-order valence-electron chi connectivity index (χ3n) is 5.26. The van der Waals surface area contributed by atoms with Gasteiger partial charge in [0.2, 0.25) is 0 Å². The number of carbonyl (C=O) groups excluding carboxylic acids is 1. The van der Waals surface area contributed by atoms with Crippen LogP contribution in [-0.2, 0) is 16.1 Å². The predicted molar refractivity (Wildman–Crippen MR) is 107 cm³/mol. The van der Waals surface area contributed by atoms with E-state index in [2.05, 4.69) is 24.0 Å². The molecule has 2 aromatic carbocycles. The molecule has 1 aliphatic heterocycles. The summed E-state index contributed by atoms with van der Waals surface area (Å²) >= 11 is 0. The van der Waals surface area contributed by atoms with Crippen molar-refractivity contribution in [2.75, 3.05) is 26.8 Å². The van der Waals surface area contributed by atoms with Gasteiger partial charge in [-0.3, -0.25) is 9.69 Å². The summed E-state index contributed by atoms with van der Waals surface area (Å²) < 4.78 is 11.0. The first kappa shape index (κ1) is 19.6. The van der Waals surface area contributed by atoms with Gasteiger partial charge < -0.3 is 9.47 Å². The van der Waals surface area contributed by atoms with Gasteiger partial charge in [0.1, 0.15) is 17.3 Å². The van der Waals surface area contributed by atoms with Gasteiger partial charge in [0, 0.05) is 38.6 Å². The molecule has 0 amide bonds. The zero-order valence-corrected chi connectivity index (χ0v) is 16.3. The Morgan fingerprint density at radius 3 is 2.67 bits per heavy atom. The topological polar surface area (TPSA) is 38.8 Å². The average Bonchev–Trinajstić information content (AvgIpc) is 3.05. The molecule has 0 bridgehead atoms. The second-order valence-corrected chi connectivity index (χ2v) is 7.60. The number of Topliss-reactive ketones (excluding diaryl/α,β-unsaturated/α-hetero) is 1. The van der Waals surface area contributed by atoms with Crippen molar-refractivity contribution >= 4 is 5.78 Å². The number of rotatable bonds is 9. The first-order valence-electron chi connectivity index (χ1n) is 9.65. The second kappa shape index (κ2) is 9.16. The molecule has 0 N–H and O–H groups in total. The number of benzene rings is 2. The minimum Gasteiger partial charge on any atom is -0.457 e. The molecule has 1 aliphatic rings. The van der Waals surface area contributed by atoms with Gasteiger partial charge in [-0.1, -0.05) is 37.3 Å². The molecule has 0 radical (unpaired) electrons. The molecule has 27 heavy (non-hydrogen) atoms. The molecule has 1 saturated heterocycles. The van der Waals surface area contributed by atoms with Gasteiger partial charge in [-0.25, -0.2) is 0 Å². The summed E-state index contributed by atoms with van der Waals surface area (Å²) in [5, 5.41) is 0. The Bertz CT molecular complexity index is 746. The van der Waals surface area contributed by atoms with E-state index in [9.17, 15) is 4.79 Å². The number of methoxy groups -OCH3 is 1. The van der Waals surface area contributed by atoms with Gasteiger partial charge in [0.15, 0.2) is 0 Å². The summed E-state index contributed by atoms with van der Waals surface area (Å²) in [6, 6.07) is 18.0. The maximum Gasteiger partial charge on any atom is 0.140 e. The van der Waals surface area contributed by atoms with Crippen molar-refractivity contribution in [3.05, 3.63) is 60.2 Å². The van der Waals surface area contributed by atoms with Crippen LogP contribution in [0, 0.1) is 5.41 Å². The Morgan fingerprint density at radius 2 is 1.89 bits per heavy atom. The van der Waals surface area contributed by atoms with E-state index in [4.69, 9.17) is 9.47 Å². The first-order chi connectivity index (χ1) is 13.1. The SMILES string of the molecule is COCCCC(=O)C1(C)CCN(Cc2cccc(Oc3ccccc3)c2)C1. The molecule has 0 aliphatic carbocycles. The number of carbonyl (C=O) groups is 1. The second-order valence-electron chi connectivity index (χ2n) is 7.60. The molecule has 0 saturated carbocycles. The molecule has 4 heteroatoms. The number of hydrogen-bond acceptors (Lipinski definition) is 4. The van der Waals surface area contributed by atoms with Crippen molar-refractivity contribution in [2.45, 2.75) is 32.7 Å². The van der Waals surface area contributed by atoms with Gasteiger partial charge in [-0.15, -0.1) is 0 Å². The molecule has 0 spiro atoms. The standard InChI is InChI=1S/C23H29NO3/c1-23(22(25)12-7-15-26-2)13-14-24(18-23)17-19-8-6-11-21(16-19)27-20-9-4-3-5-10-20/h3-6,8-11,16H,7,12-15,17-18H2,1-2H3. The highest BCUT2D eigenvalue weighted by molar-refractivity contribution is 5.85. The van der Waals surface area contributed by atoms with Crippen molar-refractivity contribution in [3.63, 3.8) is 0 Å². The number of ketones is 1. The van der Waals surface area contributed by atoms with Crippen molar-refractivity contribution in [1.29, 1.82) is 0 Å². The van der Waals surface area contributed by atoms with Crippen LogP contribution in [0.5, 0.6) is 11.5 Å². The van der Waals surface area contributed by atoms with Gasteiger partial charge in [0.05, 0.1) is 0 Å². The van der Waals surface area contributed by atoms with E-state index in [0.717, 1.165) is 44.0 Å². The molecule has 4 nitrogen and oxygen atoms in total. The Hall–Kier alpha value is -2.17. The Balaban J connectivity index is 1.57. The van der Waals surface area contributed by atoms with Crippen LogP contribution in [-0.4, -0.2) is 37.5 Å². The molecule has 3 rings (SSSR count). The van der Waals surface area contributed by atoms with Crippen molar-refractivity contribution < 1.29 is 14.3 Å². The average molecular weight is 367 g/mol. The minimum atomic E-state index is -0.230. The fraction of sp³-hybridized carbons (Fsp3) is 0.435. The summed E-state index contributed by atoms with van der Waals surface area (Å²) in [7, 11) is 1.68.